The molecular weight excluding hydrogens is 160 g/mol. The van der Waals surface area contributed by atoms with Crippen LogP contribution in [0.4, 0.5) is 0 Å². The highest BCUT2D eigenvalue weighted by Crippen LogP contribution is 2.25. The third-order valence-electron chi connectivity index (χ3n) is 2.34. The van der Waals surface area contributed by atoms with E-state index in [2.05, 4.69) is 24.3 Å². The lowest BCUT2D eigenvalue weighted by Crippen LogP contribution is -2.13. The van der Waals surface area contributed by atoms with Gasteiger partial charge >= 0.3 is 0 Å². The predicted octanol–water partition coefficient (Wildman–Crippen LogP) is 2.98. The van der Waals surface area contributed by atoms with E-state index in [0.717, 1.165) is 12.4 Å². The van der Waals surface area contributed by atoms with Gasteiger partial charge in [0.25, 0.3) is 0 Å². The third kappa shape index (κ3) is 2.11. The Morgan fingerprint density at radius 3 is 2.92 bits per heavy atom. The zero-order chi connectivity index (χ0) is 8.93. The average molecular weight is 174 g/mol. The minimum Gasteiger partial charge on any atom is -0.497 e. The fraction of sp³-hybridized carbons (Fsp3) is 0.333. The molecule has 0 N–H and O–H groups in total. The van der Waals surface area contributed by atoms with Crippen molar-refractivity contribution >= 4 is 0 Å². The van der Waals surface area contributed by atoms with Crippen molar-refractivity contribution in [3.05, 3.63) is 48.3 Å². The van der Waals surface area contributed by atoms with Crippen LogP contribution in [0, 0.1) is 5.92 Å². The molecule has 1 heteroatoms. The van der Waals surface area contributed by atoms with E-state index in [4.69, 9.17) is 4.74 Å². The Kier molecular flexibility index (Phi) is 2.65. The predicted molar refractivity (Wildman–Crippen MR) is 54.2 cm³/mol. The van der Waals surface area contributed by atoms with Gasteiger partial charge in [-0.25, -0.2) is 0 Å². The molecule has 0 spiro atoms. The first-order chi connectivity index (χ1) is 6.47. The van der Waals surface area contributed by atoms with Crippen molar-refractivity contribution in [2.45, 2.75) is 12.8 Å². The highest BCUT2D eigenvalue weighted by Gasteiger charge is 2.16. The van der Waals surface area contributed by atoms with Gasteiger partial charge in [0.15, 0.2) is 0 Å². The van der Waals surface area contributed by atoms with Crippen LogP contribution in [-0.2, 0) is 4.74 Å². The van der Waals surface area contributed by atoms with Crippen molar-refractivity contribution in [1.82, 2.24) is 0 Å². The van der Waals surface area contributed by atoms with Crippen molar-refractivity contribution in [3.63, 3.8) is 0 Å². The molecule has 0 saturated carbocycles. The molecule has 0 aromatic rings. The maximum atomic E-state index is 5.60. The van der Waals surface area contributed by atoms with Crippen LogP contribution in [0.2, 0.25) is 0 Å². The van der Waals surface area contributed by atoms with Gasteiger partial charge in [0.2, 0.25) is 0 Å². The van der Waals surface area contributed by atoms with Gasteiger partial charge in [0.1, 0.15) is 5.76 Å². The van der Waals surface area contributed by atoms with E-state index in [1.54, 1.807) is 0 Å². The molecule has 1 aliphatic carbocycles. The summed E-state index contributed by atoms with van der Waals surface area (Å²) in [6.45, 7) is 0.872. The Balaban J connectivity index is 2.22. The van der Waals surface area contributed by atoms with Gasteiger partial charge in [0.05, 0.1) is 6.61 Å². The minimum atomic E-state index is 0.487. The van der Waals surface area contributed by atoms with Gasteiger partial charge in [-0.15, -0.1) is 0 Å². The van der Waals surface area contributed by atoms with Crippen molar-refractivity contribution in [2.24, 2.45) is 5.92 Å². The summed E-state index contributed by atoms with van der Waals surface area (Å²) in [5, 5.41) is 0. The summed E-state index contributed by atoms with van der Waals surface area (Å²) in [4.78, 5) is 0. The first-order valence-corrected chi connectivity index (χ1v) is 4.81. The average Bonchev–Trinajstić information content (AvgIpc) is 2.28. The molecule has 68 valence electrons. The fourth-order valence-corrected chi connectivity index (χ4v) is 1.65. The first-order valence-electron chi connectivity index (χ1n) is 4.81. The second-order valence-corrected chi connectivity index (χ2v) is 3.32. The topological polar surface area (TPSA) is 9.23 Å². The molecule has 13 heavy (non-hydrogen) atoms. The van der Waals surface area contributed by atoms with E-state index in [1.165, 1.54) is 12.8 Å². The van der Waals surface area contributed by atoms with Gasteiger partial charge < -0.3 is 4.74 Å². The maximum Gasteiger partial charge on any atom is 0.103 e. The molecule has 0 bridgehead atoms. The SMILES string of the molecule is C1=CC=CC2CCCOC2=CC=C1. The van der Waals surface area contributed by atoms with E-state index in [1.807, 2.05) is 18.2 Å². The summed E-state index contributed by atoms with van der Waals surface area (Å²) in [5.74, 6) is 1.60. The fourth-order valence-electron chi connectivity index (χ4n) is 1.65. The molecule has 1 heterocycles. The van der Waals surface area contributed by atoms with E-state index in [0.29, 0.717) is 5.92 Å². The number of fused-ring (bicyclic) bond motifs is 1. The Labute approximate surface area is 79.1 Å². The molecule has 1 aliphatic heterocycles. The Morgan fingerprint density at radius 1 is 1.08 bits per heavy atom. The Hall–Kier alpha value is -1.24. The lowest BCUT2D eigenvalue weighted by Gasteiger charge is -2.23. The Morgan fingerprint density at radius 2 is 1.92 bits per heavy atom. The zero-order valence-corrected chi connectivity index (χ0v) is 7.65. The molecule has 2 rings (SSSR count). The van der Waals surface area contributed by atoms with Gasteiger partial charge in [-0.2, -0.15) is 0 Å². The van der Waals surface area contributed by atoms with Crippen molar-refractivity contribution in [2.75, 3.05) is 6.61 Å². The second kappa shape index (κ2) is 4.13. The molecule has 1 saturated heterocycles. The molecule has 0 amide bonds. The van der Waals surface area contributed by atoms with Gasteiger partial charge in [-0.05, 0) is 18.9 Å². The molecule has 0 aromatic heterocycles. The lowest BCUT2D eigenvalue weighted by molar-refractivity contribution is 0.143. The van der Waals surface area contributed by atoms with Crippen LogP contribution in [-0.4, -0.2) is 6.61 Å². The van der Waals surface area contributed by atoms with Crippen molar-refractivity contribution in [1.29, 1.82) is 0 Å². The number of hydrogen-bond acceptors (Lipinski definition) is 1. The van der Waals surface area contributed by atoms with E-state index in [9.17, 15) is 0 Å². The summed E-state index contributed by atoms with van der Waals surface area (Å²) in [6, 6.07) is 0. The van der Waals surface area contributed by atoms with E-state index < -0.39 is 0 Å². The summed E-state index contributed by atoms with van der Waals surface area (Å²) >= 11 is 0. The molecule has 1 unspecified atom stereocenters. The molecule has 1 nitrogen and oxygen atoms in total. The monoisotopic (exact) mass is 174 g/mol. The standard InChI is InChI=1S/C12H14O/c1-2-4-7-11-8-6-10-13-12(11)9-5-3-1/h1-5,7,9,11H,6,8,10H2. The highest BCUT2D eigenvalue weighted by atomic mass is 16.5. The molecule has 1 fully saturated rings. The highest BCUT2D eigenvalue weighted by molar-refractivity contribution is 5.23. The van der Waals surface area contributed by atoms with Gasteiger partial charge in [-0.3, -0.25) is 0 Å². The summed E-state index contributed by atoms with van der Waals surface area (Å²) in [5.41, 5.74) is 0. The largest absolute Gasteiger partial charge is 0.497 e. The quantitative estimate of drug-likeness (QED) is 0.548. The maximum absolute atomic E-state index is 5.60. The normalized spacial score (nSPS) is 26.5. The van der Waals surface area contributed by atoms with Crippen LogP contribution in [0.1, 0.15) is 12.8 Å². The van der Waals surface area contributed by atoms with E-state index >= 15 is 0 Å². The summed E-state index contributed by atoms with van der Waals surface area (Å²) < 4.78 is 5.60. The molecule has 0 aromatic carbocycles. The lowest BCUT2D eigenvalue weighted by atomic mass is 9.98. The molecule has 1 atom stereocenters. The van der Waals surface area contributed by atoms with Crippen LogP contribution in [0.15, 0.2) is 48.3 Å². The number of rotatable bonds is 0. The number of allylic oxidation sites excluding steroid dienone is 7. The van der Waals surface area contributed by atoms with Crippen LogP contribution in [0.3, 0.4) is 0 Å². The van der Waals surface area contributed by atoms with Crippen LogP contribution in [0.5, 0.6) is 0 Å². The minimum absolute atomic E-state index is 0.487. The summed E-state index contributed by atoms with van der Waals surface area (Å²) in [6.07, 6.45) is 16.9. The molecule has 2 aliphatic rings. The van der Waals surface area contributed by atoms with Crippen molar-refractivity contribution < 1.29 is 4.74 Å². The Bertz CT molecular complexity index is 281. The first kappa shape index (κ1) is 8.36. The number of ether oxygens (including phenoxy) is 1. The molecular formula is C12H14O. The third-order valence-corrected chi connectivity index (χ3v) is 2.34. The van der Waals surface area contributed by atoms with Crippen LogP contribution >= 0.6 is 0 Å². The van der Waals surface area contributed by atoms with E-state index in [-0.39, 0.29) is 0 Å². The van der Waals surface area contributed by atoms with Gasteiger partial charge in [-0.1, -0.05) is 36.5 Å². The summed E-state index contributed by atoms with van der Waals surface area (Å²) in [7, 11) is 0. The molecule has 0 radical (unpaired) electrons. The van der Waals surface area contributed by atoms with Gasteiger partial charge in [0, 0.05) is 5.92 Å². The zero-order valence-electron chi connectivity index (χ0n) is 7.65. The smallest absolute Gasteiger partial charge is 0.103 e. The van der Waals surface area contributed by atoms with Crippen molar-refractivity contribution in [3.8, 4) is 0 Å². The number of hydrogen-bond donors (Lipinski definition) is 0. The second-order valence-electron chi connectivity index (χ2n) is 3.32. The van der Waals surface area contributed by atoms with Crippen LogP contribution in [0.25, 0.3) is 0 Å². The van der Waals surface area contributed by atoms with Crippen LogP contribution < -0.4 is 0 Å².